The predicted molar refractivity (Wildman–Crippen MR) is 47.4 cm³/mol. The predicted octanol–water partition coefficient (Wildman–Crippen LogP) is 2.28. The van der Waals surface area contributed by atoms with Crippen LogP contribution in [0.1, 0.15) is 6.92 Å². The van der Waals surface area contributed by atoms with Gasteiger partial charge in [0.2, 0.25) is 0 Å². The van der Waals surface area contributed by atoms with E-state index in [9.17, 15) is 0 Å². The van der Waals surface area contributed by atoms with Gasteiger partial charge in [0.05, 0.1) is 12.8 Å². The van der Waals surface area contributed by atoms with E-state index in [4.69, 9.17) is 5.11 Å². The Morgan fingerprint density at radius 3 is 2.83 bits per heavy atom. The van der Waals surface area contributed by atoms with Crippen molar-refractivity contribution >= 4 is 0 Å². The molecule has 0 radical (unpaired) electrons. The van der Waals surface area contributed by atoms with Crippen molar-refractivity contribution in [2.75, 3.05) is 7.11 Å². The van der Waals surface area contributed by atoms with Crippen molar-refractivity contribution in [3.8, 4) is 0 Å². The second kappa shape index (κ2) is 3.74. The summed E-state index contributed by atoms with van der Waals surface area (Å²) in [6.07, 6.45) is 7.63. The van der Waals surface area contributed by atoms with Gasteiger partial charge in [-0.2, -0.15) is 0 Å². The van der Waals surface area contributed by atoms with Crippen LogP contribution in [0.4, 0.5) is 0 Å². The second-order valence-electron chi connectivity index (χ2n) is 2.50. The van der Waals surface area contributed by atoms with Crippen LogP contribution in [0, 0.1) is 6.42 Å². The molecule has 0 spiro atoms. The number of allylic oxidation sites excluding steroid dienone is 5. The van der Waals surface area contributed by atoms with Gasteiger partial charge in [0, 0.05) is 30.2 Å². The molecular weight excluding hydrogens is 152 g/mol. The summed E-state index contributed by atoms with van der Waals surface area (Å²) in [4.78, 5) is 0. The first-order valence-corrected chi connectivity index (χ1v) is 3.66. The van der Waals surface area contributed by atoms with Gasteiger partial charge in [-0.05, 0) is 6.92 Å². The van der Waals surface area contributed by atoms with E-state index in [0.29, 0.717) is 0 Å². The minimum atomic E-state index is -0.196. The van der Waals surface area contributed by atoms with Crippen LogP contribution in [0.5, 0.6) is 0 Å². The maximum Gasteiger partial charge on any atom is 0.381 e. The maximum absolute atomic E-state index is 8.96. The summed E-state index contributed by atoms with van der Waals surface area (Å²) in [6, 6.07) is 0. The third-order valence-corrected chi connectivity index (χ3v) is 1.50. The Morgan fingerprint density at radius 1 is 1.58 bits per heavy atom. The monoisotopic (exact) mass is 163 g/mol. The van der Waals surface area contributed by atoms with Crippen molar-refractivity contribution in [3.05, 3.63) is 47.5 Å². The van der Waals surface area contributed by atoms with Gasteiger partial charge in [0.1, 0.15) is 0 Å². The molecule has 1 aliphatic rings. The fourth-order valence-electron chi connectivity index (χ4n) is 0.811. The molecule has 0 aromatic heterocycles. The lowest BCUT2D eigenvalue weighted by Gasteiger charge is -1.93. The molecule has 0 saturated carbocycles. The average molecular weight is 163 g/mol. The van der Waals surface area contributed by atoms with Crippen molar-refractivity contribution in [1.82, 2.24) is 0 Å². The van der Waals surface area contributed by atoms with E-state index in [1.807, 2.05) is 31.6 Å². The molecule has 1 N–H and O–H groups in total. The van der Waals surface area contributed by atoms with Gasteiger partial charge in [-0.15, -0.1) is 0 Å². The van der Waals surface area contributed by atoms with Crippen LogP contribution in [0.25, 0.3) is 0 Å². The summed E-state index contributed by atoms with van der Waals surface area (Å²) in [5, 5.41) is 8.96. The van der Waals surface area contributed by atoms with Gasteiger partial charge in [-0.25, -0.2) is 0 Å². The van der Waals surface area contributed by atoms with Gasteiger partial charge in [-0.3, -0.25) is 0 Å². The molecule has 2 heteroatoms. The molecular formula is C10H11O2+. The molecule has 0 atom stereocenters. The highest BCUT2D eigenvalue weighted by atomic mass is 16.6. The highest BCUT2D eigenvalue weighted by Gasteiger charge is 2.06. The summed E-state index contributed by atoms with van der Waals surface area (Å²) < 4.78 is 4.55. The summed E-state index contributed by atoms with van der Waals surface area (Å²) in [5.74, 6) is -0.196. The minimum absolute atomic E-state index is 0.196. The molecule has 12 heavy (non-hydrogen) atoms. The van der Waals surface area contributed by atoms with Crippen LogP contribution in [0.3, 0.4) is 0 Å². The van der Waals surface area contributed by atoms with Crippen molar-refractivity contribution in [1.29, 1.82) is 0 Å². The van der Waals surface area contributed by atoms with Crippen LogP contribution in [-0.4, -0.2) is 12.2 Å². The fraction of sp³-hybridized carbons (Fsp3) is 0.200. The number of methoxy groups -OCH3 is 1. The van der Waals surface area contributed by atoms with Gasteiger partial charge in [0.15, 0.2) is 5.57 Å². The number of rotatable bonds is 1. The number of aliphatic hydroxyl groups is 1. The van der Waals surface area contributed by atoms with Crippen molar-refractivity contribution in [2.24, 2.45) is 0 Å². The summed E-state index contributed by atoms with van der Waals surface area (Å²) in [6.45, 7) is 2.00. The summed E-state index contributed by atoms with van der Waals surface area (Å²) >= 11 is 0. The third kappa shape index (κ3) is 2.26. The van der Waals surface area contributed by atoms with E-state index in [-0.39, 0.29) is 5.95 Å². The first-order chi connectivity index (χ1) is 5.72. The highest BCUT2D eigenvalue weighted by molar-refractivity contribution is 5.41. The van der Waals surface area contributed by atoms with Gasteiger partial charge >= 0.3 is 5.95 Å². The molecule has 0 unspecified atom stereocenters. The Balaban J connectivity index is 2.83. The maximum atomic E-state index is 8.96. The second-order valence-corrected chi connectivity index (χ2v) is 2.50. The quantitative estimate of drug-likeness (QED) is 0.365. The molecule has 0 bridgehead atoms. The largest absolute Gasteiger partial charge is 0.466 e. The normalized spacial score (nSPS) is 14.5. The zero-order valence-electron chi connectivity index (χ0n) is 7.16. The van der Waals surface area contributed by atoms with E-state index < -0.39 is 0 Å². The zero-order valence-corrected chi connectivity index (χ0v) is 7.16. The standard InChI is InChI=1S/C10H10O2/c1-8-3-5-9(6-4-8)7-10(11)12-2/h3-6H,1-2H3/p+1. The first kappa shape index (κ1) is 8.57. The molecule has 0 fully saturated rings. The first-order valence-electron chi connectivity index (χ1n) is 3.66. The van der Waals surface area contributed by atoms with Crippen LogP contribution in [0.2, 0.25) is 0 Å². The topological polar surface area (TPSA) is 29.5 Å². The molecule has 1 rings (SSSR count). The van der Waals surface area contributed by atoms with Crippen LogP contribution in [0.15, 0.2) is 41.1 Å². The van der Waals surface area contributed by atoms with Crippen LogP contribution >= 0.6 is 0 Å². The van der Waals surface area contributed by atoms with Crippen LogP contribution < -0.4 is 0 Å². The van der Waals surface area contributed by atoms with E-state index in [0.717, 1.165) is 5.57 Å². The summed E-state index contributed by atoms with van der Waals surface area (Å²) in [5.41, 5.74) is 4.65. The number of ether oxygens (including phenoxy) is 1. The number of hydrogen-bond donors (Lipinski definition) is 1. The number of aliphatic hydroxyl groups excluding tert-OH is 1. The average Bonchev–Trinajstić information content (AvgIpc) is 2.09. The lowest BCUT2D eigenvalue weighted by molar-refractivity contribution is 0.137. The van der Waals surface area contributed by atoms with Gasteiger partial charge in [-0.1, -0.05) is 0 Å². The lowest BCUT2D eigenvalue weighted by Crippen LogP contribution is -1.86. The minimum Gasteiger partial charge on any atom is -0.466 e. The third-order valence-electron chi connectivity index (χ3n) is 1.50. The Bertz CT molecular complexity index is 289. The van der Waals surface area contributed by atoms with Crippen LogP contribution in [-0.2, 0) is 4.74 Å². The van der Waals surface area contributed by atoms with Gasteiger partial charge in [0.25, 0.3) is 0 Å². The Labute approximate surface area is 72.2 Å². The molecule has 0 amide bonds. The molecule has 0 aromatic carbocycles. The van der Waals surface area contributed by atoms with Gasteiger partial charge < -0.3 is 9.84 Å². The van der Waals surface area contributed by atoms with Crippen molar-refractivity contribution in [3.63, 3.8) is 0 Å². The molecule has 62 valence electrons. The van der Waals surface area contributed by atoms with E-state index in [2.05, 4.69) is 10.5 Å². The van der Waals surface area contributed by atoms with E-state index in [1.165, 1.54) is 12.7 Å². The van der Waals surface area contributed by atoms with E-state index >= 15 is 0 Å². The Morgan fingerprint density at radius 2 is 2.33 bits per heavy atom. The zero-order chi connectivity index (χ0) is 8.97. The fourth-order valence-corrected chi connectivity index (χ4v) is 0.811. The smallest absolute Gasteiger partial charge is 0.381 e. The molecule has 0 heterocycles. The molecule has 0 saturated heterocycles. The van der Waals surface area contributed by atoms with Crippen molar-refractivity contribution < 1.29 is 9.84 Å². The van der Waals surface area contributed by atoms with E-state index in [1.54, 1.807) is 0 Å². The lowest BCUT2D eigenvalue weighted by atomic mass is 10.0. The molecule has 0 aliphatic heterocycles. The Kier molecular flexibility index (Phi) is 2.67. The SMILES string of the molecule is COC(O)=C=C1C=CC(C)=C[CH+]1. The molecule has 0 aromatic rings. The Hall–Kier alpha value is -1.53. The molecule has 1 aliphatic carbocycles. The molecule has 2 nitrogen and oxygen atoms in total. The number of hydrogen-bond acceptors (Lipinski definition) is 2. The van der Waals surface area contributed by atoms with Crippen molar-refractivity contribution in [2.45, 2.75) is 6.92 Å². The summed E-state index contributed by atoms with van der Waals surface area (Å²) in [7, 11) is 1.40. The highest BCUT2D eigenvalue weighted by Crippen LogP contribution is 2.12.